The zero-order chi connectivity index (χ0) is 11.4. The molecule has 1 N–H and O–H groups in total. The molecule has 0 aromatic rings. The fourth-order valence-corrected chi connectivity index (χ4v) is 3.23. The molecule has 94 valence electrons. The van der Waals surface area contributed by atoms with Gasteiger partial charge in [0.2, 0.25) is 0 Å². The van der Waals surface area contributed by atoms with Gasteiger partial charge in [0.1, 0.15) is 0 Å². The minimum Gasteiger partial charge on any atom is -0.313 e. The van der Waals surface area contributed by atoms with Crippen molar-refractivity contribution >= 4 is 0 Å². The molecular weight excluding hydrogens is 198 g/mol. The average Bonchev–Trinajstić information content (AvgIpc) is 2.70. The van der Waals surface area contributed by atoms with Crippen molar-refractivity contribution in [3.05, 3.63) is 0 Å². The Morgan fingerprint density at radius 2 is 2.12 bits per heavy atom. The summed E-state index contributed by atoms with van der Waals surface area (Å²) < 4.78 is 0. The first kappa shape index (κ1) is 12.3. The van der Waals surface area contributed by atoms with Crippen LogP contribution in [-0.2, 0) is 0 Å². The molecular formula is C13H27N3. The molecule has 2 heterocycles. The standard InChI is InChI=1S/C13H27N3/c1-15-8-4-5-12(9-15)10-16(2)11-13-6-3-7-14-13/h12-14H,3-11H2,1-2H3. The van der Waals surface area contributed by atoms with Crippen molar-refractivity contribution in [3.8, 4) is 0 Å². The lowest BCUT2D eigenvalue weighted by Gasteiger charge is -2.33. The summed E-state index contributed by atoms with van der Waals surface area (Å²) in [6, 6.07) is 0.756. The highest BCUT2D eigenvalue weighted by Crippen LogP contribution is 2.16. The summed E-state index contributed by atoms with van der Waals surface area (Å²) in [4.78, 5) is 5.02. The third-order valence-electron chi connectivity index (χ3n) is 3.99. The molecule has 0 saturated carbocycles. The minimum atomic E-state index is 0.756. The van der Waals surface area contributed by atoms with Gasteiger partial charge in [-0.3, -0.25) is 0 Å². The Bertz CT molecular complexity index is 201. The predicted molar refractivity (Wildman–Crippen MR) is 68.7 cm³/mol. The van der Waals surface area contributed by atoms with Crippen molar-refractivity contribution in [3.63, 3.8) is 0 Å². The Hall–Kier alpha value is -0.120. The zero-order valence-corrected chi connectivity index (χ0v) is 10.9. The first-order valence-electron chi connectivity index (χ1n) is 6.84. The average molecular weight is 225 g/mol. The number of likely N-dealkylation sites (tertiary alicyclic amines) is 1. The molecule has 16 heavy (non-hydrogen) atoms. The largest absolute Gasteiger partial charge is 0.313 e. The van der Waals surface area contributed by atoms with Crippen LogP contribution < -0.4 is 5.32 Å². The molecule has 0 aliphatic carbocycles. The number of piperidine rings is 1. The Labute approximate surface area is 100 Å². The molecule has 0 aromatic carbocycles. The minimum absolute atomic E-state index is 0.756. The van der Waals surface area contributed by atoms with E-state index in [0.29, 0.717) is 0 Å². The lowest BCUT2D eigenvalue weighted by molar-refractivity contribution is 0.161. The van der Waals surface area contributed by atoms with Gasteiger partial charge >= 0.3 is 0 Å². The van der Waals surface area contributed by atoms with E-state index in [1.807, 2.05) is 0 Å². The molecule has 2 atom stereocenters. The van der Waals surface area contributed by atoms with Crippen molar-refractivity contribution < 1.29 is 0 Å². The van der Waals surface area contributed by atoms with Gasteiger partial charge in [-0.15, -0.1) is 0 Å². The van der Waals surface area contributed by atoms with Crippen molar-refractivity contribution in [1.29, 1.82) is 0 Å². The second kappa shape index (κ2) is 5.99. The van der Waals surface area contributed by atoms with Crippen LogP contribution in [0.3, 0.4) is 0 Å². The lowest BCUT2D eigenvalue weighted by atomic mass is 9.98. The summed E-state index contributed by atoms with van der Waals surface area (Å²) in [6.45, 7) is 6.33. The topological polar surface area (TPSA) is 18.5 Å². The molecule has 2 rings (SSSR count). The highest BCUT2D eigenvalue weighted by atomic mass is 15.2. The third kappa shape index (κ3) is 3.72. The van der Waals surface area contributed by atoms with E-state index in [2.05, 4.69) is 29.2 Å². The summed E-state index contributed by atoms with van der Waals surface area (Å²) in [5.74, 6) is 0.894. The summed E-state index contributed by atoms with van der Waals surface area (Å²) in [5, 5.41) is 3.58. The van der Waals surface area contributed by atoms with Gasteiger partial charge in [-0.2, -0.15) is 0 Å². The second-order valence-electron chi connectivity index (χ2n) is 5.78. The van der Waals surface area contributed by atoms with E-state index in [-0.39, 0.29) is 0 Å². The molecule has 2 unspecified atom stereocenters. The van der Waals surface area contributed by atoms with E-state index < -0.39 is 0 Å². The summed E-state index contributed by atoms with van der Waals surface area (Å²) >= 11 is 0. The molecule has 0 radical (unpaired) electrons. The van der Waals surface area contributed by atoms with Gasteiger partial charge in [0.25, 0.3) is 0 Å². The Morgan fingerprint density at radius 1 is 1.25 bits per heavy atom. The number of nitrogens with zero attached hydrogens (tertiary/aromatic N) is 2. The number of likely N-dealkylation sites (N-methyl/N-ethyl adjacent to an activating group) is 1. The van der Waals surface area contributed by atoms with Gasteiger partial charge in [0.05, 0.1) is 0 Å². The molecule has 0 spiro atoms. The predicted octanol–water partition coefficient (Wildman–Crippen LogP) is 1.01. The van der Waals surface area contributed by atoms with Gasteiger partial charge in [-0.25, -0.2) is 0 Å². The van der Waals surface area contributed by atoms with Crippen molar-refractivity contribution in [2.24, 2.45) is 5.92 Å². The van der Waals surface area contributed by atoms with Gasteiger partial charge in [-0.05, 0) is 58.8 Å². The number of hydrogen-bond acceptors (Lipinski definition) is 3. The third-order valence-corrected chi connectivity index (χ3v) is 3.99. The molecule has 0 aromatic heterocycles. The van der Waals surface area contributed by atoms with Gasteiger partial charge in [-0.1, -0.05) is 0 Å². The Morgan fingerprint density at radius 3 is 2.81 bits per heavy atom. The summed E-state index contributed by atoms with van der Waals surface area (Å²) in [6.07, 6.45) is 5.54. The van der Waals surface area contributed by atoms with Crippen LogP contribution in [0.5, 0.6) is 0 Å². The summed E-state index contributed by atoms with van der Waals surface area (Å²) in [5.41, 5.74) is 0. The van der Waals surface area contributed by atoms with E-state index >= 15 is 0 Å². The van der Waals surface area contributed by atoms with E-state index in [1.165, 1.54) is 58.4 Å². The van der Waals surface area contributed by atoms with Crippen LogP contribution in [0.4, 0.5) is 0 Å². The Balaban J connectivity index is 1.67. The number of hydrogen-bond donors (Lipinski definition) is 1. The monoisotopic (exact) mass is 225 g/mol. The van der Waals surface area contributed by atoms with E-state index in [4.69, 9.17) is 0 Å². The molecule has 0 bridgehead atoms. The SMILES string of the molecule is CN1CCCC(CN(C)CC2CCCN2)C1. The van der Waals surface area contributed by atoms with E-state index in [9.17, 15) is 0 Å². The van der Waals surface area contributed by atoms with Crippen LogP contribution >= 0.6 is 0 Å². The number of nitrogens with one attached hydrogen (secondary N) is 1. The van der Waals surface area contributed by atoms with E-state index in [1.54, 1.807) is 0 Å². The first-order valence-corrected chi connectivity index (χ1v) is 6.84. The smallest absolute Gasteiger partial charge is 0.0195 e. The van der Waals surface area contributed by atoms with Crippen LogP contribution in [-0.4, -0.2) is 62.7 Å². The quantitative estimate of drug-likeness (QED) is 0.770. The van der Waals surface area contributed by atoms with Gasteiger partial charge in [0.15, 0.2) is 0 Å². The zero-order valence-electron chi connectivity index (χ0n) is 10.9. The molecule has 2 aliphatic heterocycles. The normalized spacial score (nSPS) is 32.4. The molecule has 3 heteroatoms. The van der Waals surface area contributed by atoms with Crippen LogP contribution in [0.1, 0.15) is 25.7 Å². The second-order valence-corrected chi connectivity index (χ2v) is 5.78. The maximum absolute atomic E-state index is 3.58. The highest BCUT2D eigenvalue weighted by molar-refractivity contribution is 4.79. The molecule has 2 fully saturated rings. The van der Waals surface area contributed by atoms with Crippen molar-refractivity contribution in [2.45, 2.75) is 31.7 Å². The molecule has 3 nitrogen and oxygen atoms in total. The Kier molecular flexibility index (Phi) is 4.62. The van der Waals surface area contributed by atoms with Crippen LogP contribution in [0.2, 0.25) is 0 Å². The fourth-order valence-electron chi connectivity index (χ4n) is 3.23. The molecule has 2 saturated heterocycles. The molecule has 2 aliphatic rings. The van der Waals surface area contributed by atoms with Crippen molar-refractivity contribution in [2.75, 3.05) is 46.8 Å². The van der Waals surface area contributed by atoms with Gasteiger partial charge in [0, 0.05) is 25.7 Å². The number of rotatable bonds is 4. The molecule has 0 amide bonds. The highest BCUT2D eigenvalue weighted by Gasteiger charge is 2.21. The van der Waals surface area contributed by atoms with Crippen LogP contribution in [0.25, 0.3) is 0 Å². The fraction of sp³-hybridized carbons (Fsp3) is 1.00. The maximum atomic E-state index is 3.58. The van der Waals surface area contributed by atoms with Crippen molar-refractivity contribution in [1.82, 2.24) is 15.1 Å². The maximum Gasteiger partial charge on any atom is 0.0195 e. The lowest BCUT2D eigenvalue weighted by Crippen LogP contribution is -2.41. The van der Waals surface area contributed by atoms with E-state index in [0.717, 1.165) is 12.0 Å². The van der Waals surface area contributed by atoms with Crippen LogP contribution in [0, 0.1) is 5.92 Å². The summed E-state index contributed by atoms with van der Waals surface area (Å²) in [7, 11) is 4.54. The van der Waals surface area contributed by atoms with Crippen LogP contribution in [0.15, 0.2) is 0 Å². The van der Waals surface area contributed by atoms with Gasteiger partial charge < -0.3 is 15.1 Å². The first-order chi connectivity index (χ1) is 7.74.